The molecule has 0 bridgehead atoms. The number of sulfonamides is 1. The van der Waals surface area contributed by atoms with Crippen molar-refractivity contribution in [2.45, 2.75) is 37.2 Å². The quantitative estimate of drug-likeness (QED) is 0.190. The van der Waals surface area contributed by atoms with E-state index in [1.54, 1.807) is 24.3 Å². The van der Waals surface area contributed by atoms with Crippen LogP contribution in [0.3, 0.4) is 0 Å². The number of amides is 2. The first-order chi connectivity index (χ1) is 22.2. The van der Waals surface area contributed by atoms with Crippen LogP contribution < -0.4 is 19.1 Å². The molecular formula is C35H38FN3O6S. The van der Waals surface area contributed by atoms with Crippen LogP contribution in [0.5, 0.6) is 11.5 Å². The Labute approximate surface area is 269 Å². The summed E-state index contributed by atoms with van der Waals surface area (Å²) in [6.45, 7) is 1.60. The number of benzene rings is 4. The van der Waals surface area contributed by atoms with Gasteiger partial charge in [0.05, 0.1) is 24.8 Å². The fraction of sp³-hybridized carbons (Fsp3) is 0.257. The van der Waals surface area contributed by atoms with Crippen molar-refractivity contribution in [2.24, 2.45) is 0 Å². The molecule has 0 saturated heterocycles. The summed E-state index contributed by atoms with van der Waals surface area (Å²) in [5, 5.41) is 2.90. The Morgan fingerprint density at radius 3 is 2.07 bits per heavy atom. The zero-order valence-corrected chi connectivity index (χ0v) is 26.9. The van der Waals surface area contributed by atoms with Crippen LogP contribution in [0.15, 0.2) is 108 Å². The summed E-state index contributed by atoms with van der Waals surface area (Å²) in [7, 11) is -1.40. The van der Waals surface area contributed by atoms with E-state index in [1.165, 1.54) is 67.7 Å². The van der Waals surface area contributed by atoms with Gasteiger partial charge >= 0.3 is 0 Å². The summed E-state index contributed by atoms with van der Waals surface area (Å²) in [6, 6.07) is 26.2. The fourth-order valence-corrected chi connectivity index (χ4v) is 6.36. The molecule has 1 N–H and O–H groups in total. The third kappa shape index (κ3) is 8.42. The Morgan fingerprint density at radius 2 is 1.46 bits per heavy atom. The predicted octanol–water partition coefficient (Wildman–Crippen LogP) is 5.20. The minimum absolute atomic E-state index is 0.0239. The molecule has 0 aliphatic carbocycles. The number of hydrogen-bond acceptors (Lipinski definition) is 6. The molecule has 0 spiro atoms. The highest BCUT2D eigenvalue weighted by atomic mass is 32.2. The summed E-state index contributed by atoms with van der Waals surface area (Å²) >= 11 is 0. The molecule has 0 unspecified atom stereocenters. The molecule has 0 radical (unpaired) electrons. The molecule has 4 rings (SSSR count). The minimum atomic E-state index is -4.29. The molecule has 242 valence electrons. The van der Waals surface area contributed by atoms with Gasteiger partial charge in [-0.2, -0.15) is 0 Å². The topological polar surface area (TPSA) is 105 Å². The van der Waals surface area contributed by atoms with Crippen molar-refractivity contribution in [3.05, 3.63) is 120 Å². The first-order valence-electron chi connectivity index (χ1n) is 14.8. The van der Waals surface area contributed by atoms with Crippen molar-refractivity contribution >= 4 is 27.5 Å². The number of halogens is 1. The van der Waals surface area contributed by atoms with Gasteiger partial charge in [0.1, 0.15) is 18.4 Å². The Kier molecular flexibility index (Phi) is 11.7. The monoisotopic (exact) mass is 647 g/mol. The minimum Gasteiger partial charge on any atom is -0.493 e. The first-order valence-corrected chi connectivity index (χ1v) is 16.3. The SMILES string of the molecule is CCCNC(=O)[C@H](Cc1ccccc1)N(Cc1ccc(F)cc1)C(=O)CN(c1ccc(OC)c(OC)c1)S(=O)(=O)c1ccccc1. The molecule has 0 aromatic heterocycles. The van der Waals surface area contributed by atoms with Crippen LogP contribution >= 0.6 is 0 Å². The summed E-state index contributed by atoms with van der Waals surface area (Å²) in [6.07, 6.45) is 0.850. The zero-order chi connectivity index (χ0) is 33.1. The van der Waals surface area contributed by atoms with Crippen LogP contribution in [-0.2, 0) is 32.6 Å². The average Bonchev–Trinajstić information content (AvgIpc) is 3.08. The van der Waals surface area contributed by atoms with E-state index < -0.39 is 34.3 Å². The summed E-state index contributed by atoms with van der Waals surface area (Å²) in [4.78, 5) is 29.5. The molecule has 0 fully saturated rings. The molecule has 46 heavy (non-hydrogen) atoms. The summed E-state index contributed by atoms with van der Waals surface area (Å²) in [5.74, 6) is -0.819. The van der Waals surface area contributed by atoms with Crippen molar-refractivity contribution in [3.63, 3.8) is 0 Å². The van der Waals surface area contributed by atoms with Crippen molar-refractivity contribution in [1.29, 1.82) is 0 Å². The van der Waals surface area contributed by atoms with E-state index >= 15 is 0 Å². The standard InChI is InChI=1S/C35H38FN3O6S/c1-4-21-37-35(41)31(22-26-11-7-5-8-12-26)38(24-27-15-17-28(36)18-16-27)34(40)25-39(46(42,43)30-13-9-6-10-14-30)29-19-20-32(44-2)33(23-29)45-3/h5-20,23,31H,4,21-22,24-25H2,1-3H3,(H,37,41)/t31-/m0/s1. The number of anilines is 1. The number of methoxy groups -OCH3 is 2. The fourth-order valence-electron chi connectivity index (χ4n) is 4.93. The molecule has 11 heteroatoms. The maximum atomic E-state index is 14.5. The van der Waals surface area contributed by atoms with Gasteiger partial charge in [0.15, 0.2) is 11.5 Å². The number of carbonyl (C=O) groups excluding carboxylic acids is 2. The second kappa shape index (κ2) is 15.9. The van der Waals surface area contributed by atoms with Gasteiger partial charge in [0.25, 0.3) is 10.0 Å². The van der Waals surface area contributed by atoms with E-state index in [2.05, 4.69) is 5.32 Å². The number of hydrogen-bond donors (Lipinski definition) is 1. The lowest BCUT2D eigenvalue weighted by Gasteiger charge is -2.34. The molecule has 4 aromatic rings. The Morgan fingerprint density at radius 1 is 0.826 bits per heavy atom. The molecule has 1 atom stereocenters. The normalized spacial score (nSPS) is 11.7. The van der Waals surface area contributed by atoms with Crippen molar-refractivity contribution in [3.8, 4) is 11.5 Å². The van der Waals surface area contributed by atoms with Crippen LogP contribution in [-0.4, -0.2) is 58.5 Å². The van der Waals surface area contributed by atoms with Gasteiger partial charge in [-0.25, -0.2) is 12.8 Å². The van der Waals surface area contributed by atoms with Crippen LogP contribution in [0, 0.1) is 5.82 Å². The van der Waals surface area contributed by atoms with Crippen LogP contribution in [0.2, 0.25) is 0 Å². The van der Waals surface area contributed by atoms with E-state index in [-0.39, 0.29) is 35.2 Å². The Balaban J connectivity index is 1.82. The number of nitrogens with zero attached hydrogens (tertiary/aromatic N) is 2. The highest BCUT2D eigenvalue weighted by Crippen LogP contribution is 2.34. The number of carbonyl (C=O) groups is 2. The highest BCUT2D eigenvalue weighted by molar-refractivity contribution is 7.92. The van der Waals surface area contributed by atoms with Crippen LogP contribution in [0.1, 0.15) is 24.5 Å². The molecule has 0 heterocycles. The second-order valence-corrected chi connectivity index (χ2v) is 12.4. The Hall–Kier alpha value is -4.90. The lowest BCUT2D eigenvalue weighted by Crippen LogP contribution is -2.53. The molecule has 9 nitrogen and oxygen atoms in total. The zero-order valence-electron chi connectivity index (χ0n) is 26.1. The summed E-state index contributed by atoms with van der Waals surface area (Å²) < 4.78 is 53.9. The predicted molar refractivity (Wildman–Crippen MR) is 175 cm³/mol. The van der Waals surface area contributed by atoms with Gasteiger partial charge in [-0.15, -0.1) is 0 Å². The molecule has 2 amide bonds. The van der Waals surface area contributed by atoms with E-state index in [1.807, 2.05) is 37.3 Å². The van der Waals surface area contributed by atoms with Gasteiger partial charge in [0, 0.05) is 25.6 Å². The third-order valence-electron chi connectivity index (χ3n) is 7.35. The maximum Gasteiger partial charge on any atom is 0.264 e. The second-order valence-electron chi connectivity index (χ2n) is 10.5. The molecule has 0 saturated carbocycles. The molecule has 4 aromatic carbocycles. The van der Waals surface area contributed by atoms with E-state index in [9.17, 15) is 22.4 Å². The largest absolute Gasteiger partial charge is 0.493 e. The van der Waals surface area contributed by atoms with Gasteiger partial charge in [-0.3, -0.25) is 13.9 Å². The number of nitrogens with one attached hydrogen (secondary N) is 1. The van der Waals surface area contributed by atoms with Gasteiger partial charge < -0.3 is 19.7 Å². The van der Waals surface area contributed by atoms with Crippen molar-refractivity contribution in [2.75, 3.05) is 31.6 Å². The average molecular weight is 648 g/mol. The lowest BCUT2D eigenvalue weighted by atomic mass is 10.0. The molecule has 0 aliphatic heterocycles. The van der Waals surface area contributed by atoms with E-state index in [4.69, 9.17) is 9.47 Å². The maximum absolute atomic E-state index is 14.5. The molecule has 0 aliphatic rings. The van der Waals surface area contributed by atoms with E-state index in [0.717, 1.165) is 9.87 Å². The number of ether oxygens (including phenoxy) is 2. The van der Waals surface area contributed by atoms with Gasteiger partial charge in [0.2, 0.25) is 11.8 Å². The van der Waals surface area contributed by atoms with Gasteiger partial charge in [-0.1, -0.05) is 67.6 Å². The van der Waals surface area contributed by atoms with Gasteiger partial charge in [-0.05, 0) is 53.9 Å². The Bertz CT molecular complexity index is 1700. The first kappa shape index (κ1) is 34.0. The smallest absolute Gasteiger partial charge is 0.264 e. The van der Waals surface area contributed by atoms with Crippen LogP contribution in [0.25, 0.3) is 0 Å². The highest BCUT2D eigenvalue weighted by Gasteiger charge is 2.35. The number of rotatable bonds is 15. The third-order valence-corrected chi connectivity index (χ3v) is 9.14. The lowest BCUT2D eigenvalue weighted by molar-refractivity contribution is -0.140. The van der Waals surface area contributed by atoms with Crippen LogP contribution in [0.4, 0.5) is 10.1 Å². The van der Waals surface area contributed by atoms with E-state index in [0.29, 0.717) is 24.3 Å². The van der Waals surface area contributed by atoms with Crippen molar-refractivity contribution < 1.29 is 31.9 Å². The summed E-state index contributed by atoms with van der Waals surface area (Å²) in [5.41, 5.74) is 1.54. The van der Waals surface area contributed by atoms with Crippen molar-refractivity contribution in [1.82, 2.24) is 10.2 Å². The molecular weight excluding hydrogens is 609 g/mol.